The normalized spacial score (nSPS) is 27.9. The fourth-order valence-corrected chi connectivity index (χ4v) is 2.81. The molecule has 0 bridgehead atoms. The van der Waals surface area contributed by atoms with Gasteiger partial charge in [0.05, 0.1) is 0 Å². The number of hydrogen-bond donors (Lipinski definition) is 0. The molecule has 2 nitrogen and oxygen atoms in total. The predicted molar refractivity (Wildman–Crippen MR) is 55.5 cm³/mol. The van der Waals surface area contributed by atoms with E-state index in [9.17, 15) is 4.79 Å². The Morgan fingerprint density at radius 1 is 1.62 bits per heavy atom. The van der Waals surface area contributed by atoms with E-state index >= 15 is 0 Å². The van der Waals surface area contributed by atoms with Gasteiger partial charge in [0.25, 0.3) is 0 Å². The third-order valence-corrected chi connectivity index (χ3v) is 3.21. The number of allylic oxidation sites excluding steroid dienone is 1. The molecule has 70 valence electrons. The SMILES string of the molecule is CC1CC(Br)=CC2=C1C(=O)N(C)C2. The summed E-state index contributed by atoms with van der Waals surface area (Å²) in [4.78, 5) is 13.5. The number of nitrogens with zero attached hydrogens (tertiary/aromatic N) is 1. The zero-order valence-electron chi connectivity index (χ0n) is 7.80. The van der Waals surface area contributed by atoms with E-state index in [1.54, 1.807) is 4.90 Å². The summed E-state index contributed by atoms with van der Waals surface area (Å²) in [6.07, 6.45) is 3.05. The molecular weight excluding hydrogens is 230 g/mol. The Kier molecular flexibility index (Phi) is 2.06. The average Bonchev–Trinajstić information content (AvgIpc) is 2.27. The number of rotatable bonds is 0. The minimum absolute atomic E-state index is 0.207. The number of halogens is 1. The van der Waals surface area contributed by atoms with Crippen LogP contribution < -0.4 is 0 Å². The number of hydrogen-bond acceptors (Lipinski definition) is 1. The van der Waals surface area contributed by atoms with Crippen molar-refractivity contribution in [1.29, 1.82) is 0 Å². The molecule has 1 amide bonds. The van der Waals surface area contributed by atoms with E-state index in [1.807, 2.05) is 7.05 Å². The van der Waals surface area contributed by atoms with Gasteiger partial charge in [-0.3, -0.25) is 4.79 Å². The molecule has 1 atom stereocenters. The number of likely N-dealkylation sites (N-methyl/N-ethyl adjacent to an activating group) is 1. The van der Waals surface area contributed by atoms with Crippen molar-refractivity contribution >= 4 is 21.8 Å². The van der Waals surface area contributed by atoms with Gasteiger partial charge in [0.15, 0.2) is 0 Å². The molecule has 3 heteroatoms. The van der Waals surface area contributed by atoms with Crippen LogP contribution in [0, 0.1) is 5.92 Å². The first-order valence-corrected chi connectivity index (χ1v) is 5.23. The smallest absolute Gasteiger partial charge is 0.250 e. The van der Waals surface area contributed by atoms with Gasteiger partial charge in [0.1, 0.15) is 0 Å². The van der Waals surface area contributed by atoms with Gasteiger partial charge in [-0.25, -0.2) is 0 Å². The second-order valence-corrected chi connectivity index (χ2v) is 4.82. The molecule has 1 aliphatic heterocycles. The van der Waals surface area contributed by atoms with Crippen LogP contribution in [0.25, 0.3) is 0 Å². The highest BCUT2D eigenvalue weighted by atomic mass is 79.9. The van der Waals surface area contributed by atoms with Crippen LogP contribution in [0.3, 0.4) is 0 Å². The Labute approximate surface area is 86.4 Å². The van der Waals surface area contributed by atoms with Crippen molar-refractivity contribution in [2.45, 2.75) is 13.3 Å². The van der Waals surface area contributed by atoms with Gasteiger partial charge in [-0.1, -0.05) is 22.9 Å². The highest BCUT2D eigenvalue weighted by Gasteiger charge is 2.32. The van der Waals surface area contributed by atoms with Crippen molar-refractivity contribution < 1.29 is 4.79 Å². The maximum absolute atomic E-state index is 11.7. The Morgan fingerprint density at radius 3 is 3.00 bits per heavy atom. The summed E-state index contributed by atoms with van der Waals surface area (Å²) in [6, 6.07) is 0. The monoisotopic (exact) mass is 241 g/mol. The summed E-state index contributed by atoms with van der Waals surface area (Å²) < 4.78 is 1.21. The molecule has 0 spiro atoms. The zero-order chi connectivity index (χ0) is 9.59. The Morgan fingerprint density at radius 2 is 2.31 bits per heavy atom. The average molecular weight is 242 g/mol. The van der Waals surface area contributed by atoms with E-state index in [1.165, 1.54) is 10.1 Å². The van der Waals surface area contributed by atoms with Gasteiger partial charge < -0.3 is 4.90 Å². The van der Waals surface area contributed by atoms with Crippen LogP contribution in [0.1, 0.15) is 13.3 Å². The van der Waals surface area contributed by atoms with Crippen LogP contribution >= 0.6 is 15.9 Å². The van der Waals surface area contributed by atoms with E-state index in [2.05, 4.69) is 28.9 Å². The topological polar surface area (TPSA) is 20.3 Å². The predicted octanol–water partition coefficient (Wildman–Crippen LogP) is 2.07. The van der Waals surface area contributed by atoms with Crippen molar-refractivity contribution in [3.8, 4) is 0 Å². The molecule has 1 aliphatic carbocycles. The molecule has 0 fully saturated rings. The van der Waals surface area contributed by atoms with Crippen molar-refractivity contribution in [2.24, 2.45) is 5.92 Å². The summed E-state index contributed by atoms with van der Waals surface area (Å²) in [5, 5.41) is 0. The lowest BCUT2D eigenvalue weighted by Crippen LogP contribution is -2.23. The number of carbonyl (C=O) groups excluding carboxylic acids is 1. The van der Waals surface area contributed by atoms with Crippen LogP contribution in [0.4, 0.5) is 0 Å². The minimum Gasteiger partial charge on any atom is -0.338 e. The molecule has 13 heavy (non-hydrogen) atoms. The van der Waals surface area contributed by atoms with Gasteiger partial charge in [-0.15, -0.1) is 0 Å². The maximum atomic E-state index is 11.7. The molecule has 2 rings (SSSR count). The third-order valence-electron chi connectivity index (χ3n) is 2.66. The van der Waals surface area contributed by atoms with Crippen LogP contribution in [0.5, 0.6) is 0 Å². The molecule has 0 N–H and O–H groups in total. The molecule has 0 radical (unpaired) electrons. The summed E-state index contributed by atoms with van der Waals surface area (Å²) in [5.41, 5.74) is 2.21. The fourth-order valence-electron chi connectivity index (χ4n) is 2.05. The quantitative estimate of drug-likeness (QED) is 0.636. The second kappa shape index (κ2) is 2.98. The molecule has 1 heterocycles. The lowest BCUT2D eigenvalue weighted by Gasteiger charge is -2.17. The Hall–Kier alpha value is -0.570. The van der Waals surface area contributed by atoms with Crippen molar-refractivity contribution in [3.05, 3.63) is 21.7 Å². The maximum Gasteiger partial charge on any atom is 0.250 e. The van der Waals surface area contributed by atoms with Crippen molar-refractivity contribution in [2.75, 3.05) is 13.6 Å². The van der Waals surface area contributed by atoms with E-state index in [0.29, 0.717) is 5.92 Å². The summed E-state index contributed by atoms with van der Waals surface area (Å²) >= 11 is 3.50. The lowest BCUT2D eigenvalue weighted by molar-refractivity contribution is -0.124. The van der Waals surface area contributed by atoms with Crippen LogP contribution in [0.2, 0.25) is 0 Å². The fraction of sp³-hybridized carbons (Fsp3) is 0.500. The molecule has 0 aromatic carbocycles. The highest BCUT2D eigenvalue weighted by Crippen LogP contribution is 2.36. The van der Waals surface area contributed by atoms with Gasteiger partial charge in [0, 0.05) is 19.2 Å². The van der Waals surface area contributed by atoms with E-state index in [0.717, 1.165) is 18.5 Å². The zero-order valence-corrected chi connectivity index (χ0v) is 9.39. The molecule has 0 aromatic heterocycles. The minimum atomic E-state index is 0.207. The van der Waals surface area contributed by atoms with Crippen LogP contribution in [-0.2, 0) is 4.79 Å². The summed E-state index contributed by atoms with van der Waals surface area (Å²) in [7, 11) is 1.86. The molecule has 2 aliphatic rings. The van der Waals surface area contributed by atoms with Gasteiger partial charge in [-0.05, 0) is 28.5 Å². The third kappa shape index (κ3) is 1.35. The highest BCUT2D eigenvalue weighted by molar-refractivity contribution is 9.11. The first-order chi connectivity index (χ1) is 6.09. The number of amides is 1. The summed E-state index contributed by atoms with van der Waals surface area (Å²) in [5.74, 6) is 0.575. The molecule has 1 unspecified atom stereocenters. The lowest BCUT2D eigenvalue weighted by atomic mass is 9.90. The molecule has 0 aromatic rings. The molecular formula is C10H12BrNO. The van der Waals surface area contributed by atoms with Crippen LogP contribution in [-0.4, -0.2) is 24.4 Å². The van der Waals surface area contributed by atoms with Crippen molar-refractivity contribution in [3.63, 3.8) is 0 Å². The first kappa shape index (κ1) is 9.00. The van der Waals surface area contributed by atoms with Gasteiger partial charge in [-0.2, -0.15) is 0 Å². The Bertz CT molecular complexity index is 330. The standard InChI is InChI=1S/C10H12BrNO/c1-6-3-8(11)4-7-5-12(2)10(13)9(6)7/h4,6H,3,5H2,1-2H3. The largest absolute Gasteiger partial charge is 0.338 e. The molecule has 0 saturated heterocycles. The van der Waals surface area contributed by atoms with Gasteiger partial charge >= 0.3 is 0 Å². The van der Waals surface area contributed by atoms with E-state index in [-0.39, 0.29) is 5.91 Å². The van der Waals surface area contributed by atoms with E-state index < -0.39 is 0 Å². The second-order valence-electron chi connectivity index (χ2n) is 3.80. The van der Waals surface area contributed by atoms with E-state index in [4.69, 9.17) is 0 Å². The Balaban J connectivity index is 2.42. The van der Waals surface area contributed by atoms with Gasteiger partial charge in [0.2, 0.25) is 5.91 Å². The van der Waals surface area contributed by atoms with Crippen molar-refractivity contribution in [1.82, 2.24) is 4.90 Å². The van der Waals surface area contributed by atoms with Crippen LogP contribution in [0.15, 0.2) is 21.7 Å². The number of carbonyl (C=O) groups is 1. The summed E-state index contributed by atoms with van der Waals surface area (Å²) in [6.45, 7) is 2.88. The first-order valence-electron chi connectivity index (χ1n) is 4.44. The molecule has 0 saturated carbocycles.